The van der Waals surface area contributed by atoms with E-state index >= 15 is 0 Å². The molecule has 0 aromatic heterocycles. The summed E-state index contributed by atoms with van der Waals surface area (Å²) >= 11 is 0. The van der Waals surface area contributed by atoms with Gasteiger partial charge >= 0.3 is 5.97 Å². The number of amides is 5. The van der Waals surface area contributed by atoms with Crippen LogP contribution in [0.5, 0.6) is 0 Å². The molecule has 9 N–H and O–H groups in total. The van der Waals surface area contributed by atoms with Crippen LogP contribution in [0.4, 0.5) is 0 Å². The highest BCUT2D eigenvalue weighted by molar-refractivity contribution is 5.95. The van der Waals surface area contributed by atoms with Gasteiger partial charge in [-0.15, -0.1) is 0 Å². The number of carboxylic acid groups (broad SMARTS) is 1. The van der Waals surface area contributed by atoms with Gasteiger partial charge in [-0.3, -0.25) is 24.0 Å². The summed E-state index contributed by atoms with van der Waals surface area (Å²) in [5.74, 6) is -4.35. The van der Waals surface area contributed by atoms with Crippen LogP contribution in [0.2, 0.25) is 0 Å². The molecule has 1 aliphatic rings. The van der Waals surface area contributed by atoms with Gasteiger partial charge in [-0.2, -0.15) is 0 Å². The third-order valence-corrected chi connectivity index (χ3v) is 8.97. The van der Waals surface area contributed by atoms with Gasteiger partial charge in [0.25, 0.3) is 0 Å². The van der Waals surface area contributed by atoms with Crippen LogP contribution in [0.1, 0.15) is 130 Å². The maximum Gasteiger partial charge on any atom is 0.328 e. The number of nitrogens with one attached hydrogen (secondary N) is 4. The molecule has 15 nitrogen and oxygen atoms in total. The highest BCUT2D eigenvalue weighted by Gasteiger charge is 2.37. The van der Waals surface area contributed by atoms with E-state index in [1.165, 1.54) is 70.1 Å². The van der Waals surface area contributed by atoms with E-state index in [2.05, 4.69) is 28.2 Å². The molecular weight excluding hydrogens is 648 g/mol. The van der Waals surface area contributed by atoms with Crippen molar-refractivity contribution in [2.75, 3.05) is 19.7 Å². The second kappa shape index (κ2) is 25.6. The summed E-state index contributed by atoms with van der Waals surface area (Å²) in [5, 5.41) is 38.8. The number of hydrogen-bond donors (Lipinski definition) is 8. The number of aliphatic carboxylic acids is 1. The van der Waals surface area contributed by atoms with Gasteiger partial charge in [-0.25, -0.2) is 4.79 Å². The normalized spacial score (nSPS) is 17.2. The van der Waals surface area contributed by atoms with E-state index in [0.717, 1.165) is 19.3 Å². The first-order chi connectivity index (χ1) is 23.8. The third kappa shape index (κ3) is 17.6. The smallest absolute Gasteiger partial charge is 0.328 e. The fraction of sp³-hybridized carbons (Fsp3) is 0.829. The Balaban J connectivity index is 2.66. The van der Waals surface area contributed by atoms with E-state index in [-0.39, 0.29) is 12.3 Å². The number of carboxylic acids is 1. The molecular formula is C35H64N6O9. The number of nitrogens with two attached hydrogens (primary N) is 1. The zero-order valence-corrected chi connectivity index (χ0v) is 30.4. The average molecular weight is 713 g/mol. The molecule has 0 aromatic carbocycles. The van der Waals surface area contributed by atoms with Crippen LogP contribution >= 0.6 is 0 Å². The van der Waals surface area contributed by atoms with E-state index in [1.807, 2.05) is 0 Å². The van der Waals surface area contributed by atoms with Crippen molar-refractivity contribution in [1.29, 1.82) is 0 Å². The molecule has 15 heteroatoms. The molecule has 0 aliphatic carbocycles. The molecule has 0 spiro atoms. The zero-order chi connectivity index (χ0) is 37.5. The Morgan fingerprint density at radius 1 is 0.800 bits per heavy atom. The summed E-state index contributed by atoms with van der Waals surface area (Å²) in [6.45, 7) is 4.74. The van der Waals surface area contributed by atoms with Crippen molar-refractivity contribution >= 4 is 35.5 Å². The van der Waals surface area contributed by atoms with Crippen molar-refractivity contribution in [3.05, 3.63) is 0 Å². The largest absolute Gasteiger partial charge is 0.480 e. The van der Waals surface area contributed by atoms with Gasteiger partial charge in [0, 0.05) is 19.5 Å². The molecule has 1 heterocycles. The second-order valence-electron chi connectivity index (χ2n) is 13.5. The summed E-state index contributed by atoms with van der Waals surface area (Å²) in [4.78, 5) is 77.0. The van der Waals surface area contributed by atoms with Gasteiger partial charge in [0.05, 0.1) is 18.8 Å². The van der Waals surface area contributed by atoms with E-state index < -0.39 is 72.5 Å². The molecule has 1 aliphatic heterocycles. The van der Waals surface area contributed by atoms with E-state index in [1.54, 1.807) is 0 Å². The lowest BCUT2D eigenvalue weighted by Crippen LogP contribution is -2.59. The minimum absolute atomic E-state index is 0.0442. The van der Waals surface area contributed by atoms with E-state index in [0.29, 0.717) is 45.2 Å². The average Bonchev–Trinajstić information content (AvgIpc) is 3.57. The number of carbonyl (C=O) groups is 6. The number of unbranched alkanes of at least 4 members (excludes halogenated alkanes) is 11. The molecule has 0 bridgehead atoms. The van der Waals surface area contributed by atoms with Crippen molar-refractivity contribution in [3.63, 3.8) is 0 Å². The van der Waals surface area contributed by atoms with Crippen LogP contribution in [0.3, 0.4) is 0 Å². The molecule has 0 unspecified atom stereocenters. The Hall–Kier alpha value is -3.30. The minimum atomic E-state index is -1.68. The van der Waals surface area contributed by atoms with Crippen LogP contribution in [0, 0.1) is 0 Å². The number of aliphatic hydroxyl groups excluding tert-OH is 2. The maximum absolute atomic E-state index is 13.3. The van der Waals surface area contributed by atoms with Crippen molar-refractivity contribution in [2.45, 2.75) is 166 Å². The van der Waals surface area contributed by atoms with Crippen molar-refractivity contribution in [1.82, 2.24) is 26.2 Å². The number of rotatable bonds is 27. The number of hydrogen-bond acceptors (Lipinski definition) is 9. The summed E-state index contributed by atoms with van der Waals surface area (Å²) < 4.78 is 0. The molecule has 5 amide bonds. The van der Waals surface area contributed by atoms with Crippen molar-refractivity contribution in [3.8, 4) is 0 Å². The van der Waals surface area contributed by atoms with E-state index in [9.17, 15) is 44.1 Å². The molecule has 1 fully saturated rings. The maximum atomic E-state index is 13.3. The second-order valence-corrected chi connectivity index (χ2v) is 13.5. The van der Waals surface area contributed by atoms with Crippen LogP contribution in [-0.2, 0) is 28.8 Å². The van der Waals surface area contributed by atoms with Gasteiger partial charge < -0.3 is 47.2 Å². The van der Waals surface area contributed by atoms with Crippen molar-refractivity contribution < 1.29 is 44.1 Å². The lowest BCUT2D eigenvalue weighted by atomic mass is 10.1. The standard InChI is InChI=1S/C35H64N6O9/c1-4-5-6-7-8-9-10-11-12-13-14-20-29(44)37-21-16-15-18-26(38-33(47)28-19-17-22-41(28)34(48)24(2)36)31(45)39-27(23-42)32(46)40-30(25(3)43)35(49)50/h24-28,30,42-43H,4-23,36H2,1-3H3,(H,37,44)(H,38,47)(H,39,45)(H,40,46)(H,49,50)/t24-,25+,26-,27-,28-,30-/m0/s1. The number of likely N-dealkylation sites (tertiary alicyclic amines) is 1. The summed E-state index contributed by atoms with van der Waals surface area (Å²) in [7, 11) is 0. The molecule has 1 saturated heterocycles. The van der Waals surface area contributed by atoms with Gasteiger partial charge in [0.1, 0.15) is 18.1 Å². The number of nitrogens with zero attached hydrogens (tertiary/aromatic N) is 1. The Labute approximate surface area is 297 Å². The highest BCUT2D eigenvalue weighted by Crippen LogP contribution is 2.19. The quantitative estimate of drug-likeness (QED) is 0.0567. The minimum Gasteiger partial charge on any atom is -0.480 e. The number of aliphatic hydroxyl groups is 2. The van der Waals surface area contributed by atoms with Crippen LogP contribution in [0.15, 0.2) is 0 Å². The Kier molecular flexibility index (Phi) is 22.9. The molecule has 0 saturated carbocycles. The summed E-state index contributed by atoms with van der Waals surface area (Å²) in [6.07, 6.45) is 14.1. The van der Waals surface area contributed by atoms with Gasteiger partial charge in [-0.1, -0.05) is 71.1 Å². The predicted molar refractivity (Wildman–Crippen MR) is 189 cm³/mol. The molecule has 6 atom stereocenters. The lowest BCUT2D eigenvalue weighted by molar-refractivity contribution is -0.145. The number of carbonyl (C=O) groups excluding carboxylic acids is 5. The first-order valence-corrected chi connectivity index (χ1v) is 18.6. The lowest BCUT2D eigenvalue weighted by Gasteiger charge is -2.28. The topological polar surface area (TPSA) is 240 Å². The first-order valence-electron chi connectivity index (χ1n) is 18.6. The van der Waals surface area contributed by atoms with Gasteiger partial charge in [0.15, 0.2) is 6.04 Å². The third-order valence-electron chi connectivity index (χ3n) is 8.97. The summed E-state index contributed by atoms with van der Waals surface area (Å²) in [6, 6.07) is -6.06. The van der Waals surface area contributed by atoms with Crippen LogP contribution in [0.25, 0.3) is 0 Å². The van der Waals surface area contributed by atoms with Gasteiger partial charge in [0.2, 0.25) is 29.5 Å². The molecule has 288 valence electrons. The SMILES string of the molecule is CCCCCCCCCCCCCC(=O)NCCCC[C@H](NC(=O)[C@@H]1CCCN1C(=O)[C@H](C)N)C(=O)N[C@@H](CO)C(=O)N[C@H](C(=O)O)[C@@H](C)O. The molecule has 0 radical (unpaired) electrons. The van der Waals surface area contributed by atoms with Crippen LogP contribution in [-0.4, -0.2) is 112 Å². The summed E-state index contributed by atoms with van der Waals surface area (Å²) in [5.41, 5.74) is 5.75. The Bertz CT molecular complexity index is 1060. The Morgan fingerprint density at radius 2 is 1.38 bits per heavy atom. The fourth-order valence-electron chi connectivity index (χ4n) is 5.95. The Morgan fingerprint density at radius 3 is 1.92 bits per heavy atom. The van der Waals surface area contributed by atoms with Gasteiger partial charge in [-0.05, 0) is 52.4 Å². The predicted octanol–water partition coefficient (Wildman–Crippen LogP) is 1.22. The zero-order valence-electron chi connectivity index (χ0n) is 30.4. The van der Waals surface area contributed by atoms with E-state index in [4.69, 9.17) is 5.73 Å². The molecule has 0 aromatic rings. The monoisotopic (exact) mass is 712 g/mol. The highest BCUT2D eigenvalue weighted by atomic mass is 16.4. The first kappa shape index (κ1) is 44.7. The van der Waals surface area contributed by atoms with Crippen LogP contribution < -0.4 is 27.0 Å². The molecule has 50 heavy (non-hydrogen) atoms. The molecule has 1 rings (SSSR count). The fourth-order valence-corrected chi connectivity index (χ4v) is 5.95. The van der Waals surface area contributed by atoms with Crippen molar-refractivity contribution in [2.24, 2.45) is 5.73 Å².